The van der Waals surface area contributed by atoms with Crippen molar-refractivity contribution in [1.82, 2.24) is 4.72 Å². The van der Waals surface area contributed by atoms with Gasteiger partial charge in [-0.15, -0.1) is 4.72 Å². The summed E-state index contributed by atoms with van der Waals surface area (Å²) in [5.74, 6) is 0. The molecule has 8 heteroatoms. The summed E-state index contributed by atoms with van der Waals surface area (Å²) >= 11 is 4.77. The molecule has 0 bridgehead atoms. The molecular formula is C20H21ClN2O4S. The summed E-state index contributed by atoms with van der Waals surface area (Å²) in [4.78, 5) is 12.6. The Morgan fingerprint density at radius 1 is 1.14 bits per heavy atom. The van der Waals surface area contributed by atoms with E-state index in [-0.39, 0.29) is 5.09 Å². The van der Waals surface area contributed by atoms with Gasteiger partial charge in [0.2, 0.25) is 0 Å². The Bertz CT molecular complexity index is 934. The van der Waals surface area contributed by atoms with Crippen LogP contribution in [-0.2, 0) is 42.6 Å². The van der Waals surface area contributed by atoms with Gasteiger partial charge in [0.25, 0.3) is 0 Å². The SMILES string of the molecule is O=C(Nc1c2c(c(Cl)c3c1CCC3)CCC2)N[S+]([O-])c1cc(C2(O)CC2)co1. The lowest BCUT2D eigenvalue weighted by atomic mass is 9.98. The molecule has 1 saturated carbocycles. The van der Waals surface area contributed by atoms with Crippen LogP contribution < -0.4 is 10.0 Å². The van der Waals surface area contributed by atoms with Crippen LogP contribution in [0.15, 0.2) is 21.8 Å². The summed E-state index contributed by atoms with van der Waals surface area (Å²) in [5, 5.41) is 14.0. The average Bonchev–Trinajstić information content (AvgIpc) is 3.17. The highest BCUT2D eigenvalue weighted by molar-refractivity contribution is 7.89. The fourth-order valence-corrected chi connectivity index (χ4v) is 5.48. The van der Waals surface area contributed by atoms with E-state index in [0.717, 1.165) is 71.5 Å². The molecule has 0 spiro atoms. The van der Waals surface area contributed by atoms with Crippen LogP contribution in [-0.4, -0.2) is 15.7 Å². The Morgan fingerprint density at radius 3 is 2.36 bits per heavy atom. The normalized spacial score (nSPS) is 19.8. The summed E-state index contributed by atoms with van der Waals surface area (Å²) in [5.41, 5.74) is 5.10. The zero-order valence-electron chi connectivity index (χ0n) is 15.3. The third-order valence-electron chi connectivity index (χ3n) is 6.01. The second-order valence-corrected chi connectivity index (χ2v) is 9.34. The maximum absolute atomic E-state index is 12.6. The van der Waals surface area contributed by atoms with E-state index in [0.29, 0.717) is 18.4 Å². The molecule has 3 aliphatic rings. The molecule has 6 nitrogen and oxygen atoms in total. The first-order valence-corrected chi connectivity index (χ1v) is 11.1. The molecule has 148 valence electrons. The molecule has 1 aromatic carbocycles. The first-order valence-electron chi connectivity index (χ1n) is 9.62. The van der Waals surface area contributed by atoms with Crippen LogP contribution in [0.5, 0.6) is 0 Å². The molecule has 5 rings (SSSR count). The minimum absolute atomic E-state index is 0.122. The smallest absolute Gasteiger partial charge is 0.361 e. The van der Waals surface area contributed by atoms with Gasteiger partial charge in [0.1, 0.15) is 17.6 Å². The number of rotatable bonds is 4. The van der Waals surface area contributed by atoms with Gasteiger partial charge in [-0.1, -0.05) is 11.6 Å². The highest BCUT2D eigenvalue weighted by Crippen LogP contribution is 2.46. The van der Waals surface area contributed by atoms with Crippen LogP contribution in [0, 0.1) is 0 Å². The van der Waals surface area contributed by atoms with Crippen molar-refractivity contribution in [2.24, 2.45) is 0 Å². The number of halogens is 1. The van der Waals surface area contributed by atoms with E-state index >= 15 is 0 Å². The first kappa shape index (κ1) is 18.4. The van der Waals surface area contributed by atoms with Crippen molar-refractivity contribution in [3.8, 4) is 0 Å². The van der Waals surface area contributed by atoms with Crippen molar-refractivity contribution in [2.45, 2.75) is 62.1 Å². The fraction of sp³-hybridized carbons (Fsp3) is 0.450. The predicted molar refractivity (Wildman–Crippen MR) is 106 cm³/mol. The summed E-state index contributed by atoms with van der Waals surface area (Å²) in [6, 6.07) is 1.01. The highest BCUT2D eigenvalue weighted by atomic mass is 35.5. The van der Waals surface area contributed by atoms with Gasteiger partial charge >= 0.3 is 11.1 Å². The van der Waals surface area contributed by atoms with E-state index in [2.05, 4.69) is 10.0 Å². The lowest BCUT2D eigenvalue weighted by Gasteiger charge is -2.18. The summed E-state index contributed by atoms with van der Waals surface area (Å²) in [7, 11) is 0. The Labute approximate surface area is 171 Å². The number of carbonyl (C=O) groups is 1. The molecule has 2 aromatic rings. The molecule has 2 amide bonds. The quantitative estimate of drug-likeness (QED) is 0.656. The van der Waals surface area contributed by atoms with E-state index in [9.17, 15) is 14.5 Å². The monoisotopic (exact) mass is 420 g/mol. The van der Waals surface area contributed by atoms with Crippen LogP contribution in [0.1, 0.15) is 53.5 Å². The number of nitrogens with one attached hydrogen (secondary N) is 2. The predicted octanol–water partition coefficient (Wildman–Crippen LogP) is 3.74. The van der Waals surface area contributed by atoms with Gasteiger partial charge in [-0.2, -0.15) is 0 Å². The largest absolute Gasteiger partial charge is 0.585 e. The van der Waals surface area contributed by atoms with Gasteiger partial charge in [-0.25, -0.2) is 4.79 Å². The van der Waals surface area contributed by atoms with Crippen LogP contribution in [0.25, 0.3) is 0 Å². The van der Waals surface area contributed by atoms with Crippen molar-refractivity contribution < 1.29 is 18.9 Å². The number of anilines is 1. The third-order valence-corrected chi connectivity index (χ3v) is 7.42. The molecule has 0 aliphatic heterocycles. The summed E-state index contributed by atoms with van der Waals surface area (Å²) in [6.45, 7) is 0. The maximum atomic E-state index is 12.6. The average molecular weight is 421 g/mol. The topological polar surface area (TPSA) is 97.6 Å². The van der Waals surface area contributed by atoms with E-state index in [4.69, 9.17) is 16.0 Å². The van der Waals surface area contributed by atoms with Crippen molar-refractivity contribution >= 4 is 34.7 Å². The van der Waals surface area contributed by atoms with Crippen molar-refractivity contribution in [1.29, 1.82) is 0 Å². The maximum Gasteiger partial charge on any atom is 0.361 e. The highest BCUT2D eigenvalue weighted by Gasteiger charge is 2.44. The third kappa shape index (κ3) is 3.01. The van der Waals surface area contributed by atoms with Gasteiger partial charge in [-0.3, -0.25) is 0 Å². The molecule has 3 N–H and O–H groups in total. The second-order valence-electron chi connectivity index (χ2n) is 7.82. The Morgan fingerprint density at radius 2 is 1.75 bits per heavy atom. The minimum atomic E-state index is -1.84. The number of aliphatic hydroxyl groups is 1. The molecule has 0 saturated heterocycles. The number of urea groups is 1. The second kappa shape index (κ2) is 6.69. The lowest BCUT2D eigenvalue weighted by molar-refractivity contribution is 0.150. The Hall–Kier alpha value is -1.67. The Kier molecular flexibility index (Phi) is 4.39. The molecule has 1 heterocycles. The molecule has 1 fully saturated rings. The number of hydrogen-bond acceptors (Lipinski definition) is 4. The zero-order valence-corrected chi connectivity index (χ0v) is 16.8. The first-order chi connectivity index (χ1) is 13.5. The number of carbonyl (C=O) groups excluding carboxylic acids is 1. The molecule has 3 aliphatic carbocycles. The molecule has 1 atom stereocenters. The molecular weight excluding hydrogens is 400 g/mol. The van der Waals surface area contributed by atoms with E-state index in [1.807, 2.05) is 0 Å². The van der Waals surface area contributed by atoms with Crippen LogP contribution >= 0.6 is 11.6 Å². The standard InChI is InChI=1S/C20H21ClN2O4S/c21-17-12-3-1-5-14(12)18(15-6-2-4-13(15)17)22-19(24)23-28(26)16-9-11(10-27-16)20(25)7-8-20/h9-10,25H,1-8H2,(H2,22,23,24). The number of benzene rings is 1. The fourth-order valence-electron chi connectivity index (χ4n) is 4.38. The van der Waals surface area contributed by atoms with Crippen LogP contribution in [0.2, 0.25) is 5.02 Å². The van der Waals surface area contributed by atoms with Crippen LogP contribution in [0.3, 0.4) is 0 Å². The lowest BCUT2D eigenvalue weighted by Crippen LogP contribution is -2.34. The number of furan rings is 1. The van der Waals surface area contributed by atoms with Gasteiger partial charge < -0.3 is 19.4 Å². The van der Waals surface area contributed by atoms with Crippen molar-refractivity contribution in [2.75, 3.05) is 5.32 Å². The Balaban J connectivity index is 1.34. The number of hydrogen-bond donors (Lipinski definition) is 3. The van der Waals surface area contributed by atoms with Gasteiger partial charge in [0.05, 0.1) is 5.60 Å². The molecule has 1 unspecified atom stereocenters. The minimum Gasteiger partial charge on any atom is -0.585 e. The number of fused-ring (bicyclic) bond motifs is 2. The van der Waals surface area contributed by atoms with Crippen LogP contribution in [0.4, 0.5) is 10.5 Å². The summed E-state index contributed by atoms with van der Waals surface area (Å²) < 4.78 is 20.2. The van der Waals surface area contributed by atoms with Crippen molar-refractivity contribution in [3.05, 3.63) is 45.2 Å². The van der Waals surface area contributed by atoms with Crippen molar-refractivity contribution in [3.63, 3.8) is 0 Å². The number of amides is 2. The van der Waals surface area contributed by atoms with Gasteiger partial charge in [0.15, 0.2) is 0 Å². The summed E-state index contributed by atoms with van der Waals surface area (Å²) in [6.07, 6.45) is 8.43. The van der Waals surface area contributed by atoms with Gasteiger partial charge in [0, 0.05) is 22.3 Å². The molecule has 28 heavy (non-hydrogen) atoms. The van der Waals surface area contributed by atoms with E-state index in [1.165, 1.54) is 6.26 Å². The van der Waals surface area contributed by atoms with Gasteiger partial charge in [-0.05, 0) is 73.6 Å². The van der Waals surface area contributed by atoms with E-state index < -0.39 is 23.0 Å². The van der Waals surface area contributed by atoms with E-state index in [1.54, 1.807) is 6.07 Å². The molecule has 1 aromatic heterocycles. The zero-order chi connectivity index (χ0) is 19.5. The molecule has 0 radical (unpaired) electrons.